The van der Waals surface area contributed by atoms with Crippen LogP contribution < -0.4 is 20.5 Å². The van der Waals surface area contributed by atoms with Gasteiger partial charge in [0, 0.05) is 30.0 Å². The number of carbonyl (C=O) groups is 1. The smallest absolute Gasteiger partial charge is 0.263 e. The second-order valence-electron chi connectivity index (χ2n) is 6.72. The van der Waals surface area contributed by atoms with E-state index in [4.69, 9.17) is 19.9 Å². The molecule has 3 aromatic rings. The monoisotopic (exact) mass is 385 g/mol. The molecule has 0 radical (unpaired) electrons. The van der Waals surface area contributed by atoms with Crippen molar-refractivity contribution < 1.29 is 19.0 Å². The number of amides is 1. The molecule has 27 heavy (non-hydrogen) atoms. The lowest BCUT2D eigenvalue weighted by molar-refractivity contribution is 0.0862. The number of nitrogens with zero attached hydrogens (tertiary/aromatic N) is 1. The van der Waals surface area contributed by atoms with E-state index < -0.39 is 0 Å². The van der Waals surface area contributed by atoms with Crippen molar-refractivity contribution in [3.8, 4) is 11.5 Å². The van der Waals surface area contributed by atoms with E-state index in [9.17, 15) is 4.79 Å². The van der Waals surface area contributed by atoms with Crippen molar-refractivity contribution >= 4 is 44.1 Å². The van der Waals surface area contributed by atoms with Crippen molar-refractivity contribution in [1.82, 2.24) is 10.3 Å². The van der Waals surface area contributed by atoms with Crippen molar-refractivity contribution in [3.63, 3.8) is 0 Å². The summed E-state index contributed by atoms with van der Waals surface area (Å²) in [5.41, 5.74) is 7.53. The number of nitrogens with one attached hydrogen (secondary N) is 1. The second-order valence-corrected chi connectivity index (χ2v) is 7.72. The summed E-state index contributed by atoms with van der Waals surface area (Å²) in [5, 5.41) is 4.62. The molecule has 1 saturated heterocycles. The first-order chi connectivity index (χ1) is 13.2. The lowest BCUT2D eigenvalue weighted by atomic mass is 10.1. The van der Waals surface area contributed by atoms with Gasteiger partial charge in [0.2, 0.25) is 0 Å². The van der Waals surface area contributed by atoms with Crippen LogP contribution in [-0.2, 0) is 4.74 Å². The molecule has 2 aliphatic rings. The summed E-state index contributed by atoms with van der Waals surface area (Å²) in [6, 6.07) is 5.74. The fourth-order valence-corrected chi connectivity index (χ4v) is 4.50. The molecule has 5 rings (SSSR count). The maximum atomic E-state index is 12.6. The molecule has 1 aromatic carbocycles. The average Bonchev–Trinajstić information content (AvgIpc) is 3.31. The summed E-state index contributed by atoms with van der Waals surface area (Å²) in [7, 11) is 0. The zero-order chi connectivity index (χ0) is 18.4. The fourth-order valence-electron chi connectivity index (χ4n) is 3.50. The van der Waals surface area contributed by atoms with Crippen molar-refractivity contribution in [2.45, 2.75) is 18.9 Å². The summed E-state index contributed by atoms with van der Waals surface area (Å²) in [4.78, 5) is 18.5. The molecule has 2 aromatic heterocycles. The van der Waals surface area contributed by atoms with Gasteiger partial charge in [0.05, 0.1) is 17.3 Å². The van der Waals surface area contributed by atoms with E-state index in [1.165, 1.54) is 11.3 Å². The van der Waals surface area contributed by atoms with Crippen LogP contribution in [0.15, 0.2) is 18.2 Å². The van der Waals surface area contributed by atoms with Crippen LogP contribution in [0.4, 0.5) is 5.69 Å². The van der Waals surface area contributed by atoms with Crippen molar-refractivity contribution in [2.24, 2.45) is 0 Å². The first-order valence-corrected chi connectivity index (χ1v) is 9.83. The van der Waals surface area contributed by atoms with Crippen LogP contribution in [0.5, 0.6) is 11.5 Å². The first kappa shape index (κ1) is 16.6. The van der Waals surface area contributed by atoms with Gasteiger partial charge in [0.1, 0.15) is 22.9 Å². The summed E-state index contributed by atoms with van der Waals surface area (Å²) in [5.74, 6) is 1.22. The topological polar surface area (TPSA) is 95.7 Å². The zero-order valence-corrected chi connectivity index (χ0v) is 15.4. The van der Waals surface area contributed by atoms with E-state index in [1.807, 2.05) is 18.2 Å². The SMILES string of the molecule is Nc1c(C(=O)NC[C@H]2CCCO2)sc2nc3cc4c(cc3cc12)OCCO4. The van der Waals surface area contributed by atoms with Gasteiger partial charge < -0.3 is 25.3 Å². The van der Waals surface area contributed by atoms with Gasteiger partial charge in [-0.05, 0) is 25.0 Å². The minimum atomic E-state index is -0.180. The van der Waals surface area contributed by atoms with Crippen LogP contribution in [0.25, 0.3) is 21.1 Å². The summed E-state index contributed by atoms with van der Waals surface area (Å²) >= 11 is 1.31. The molecule has 0 bridgehead atoms. The number of aromatic nitrogens is 1. The van der Waals surface area contributed by atoms with Gasteiger partial charge in [-0.3, -0.25) is 4.79 Å². The number of carbonyl (C=O) groups excluding carboxylic acids is 1. The van der Waals surface area contributed by atoms with Gasteiger partial charge >= 0.3 is 0 Å². The zero-order valence-electron chi connectivity index (χ0n) is 14.6. The second kappa shape index (κ2) is 6.54. The van der Waals surface area contributed by atoms with Crippen LogP contribution in [-0.4, -0.2) is 43.4 Å². The van der Waals surface area contributed by atoms with E-state index in [-0.39, 0.29) is 12.0 Å². The number of nitrogen functional groups attached to an aromatic ring is 1. The Morgan fingerprint density at radius 1 is 1.22 bits per heavy atom. The van der Waals surface area contributed by atoms with Gasteiger partial charge in [-0.1, -0.05) is 0 Å². The third kappa shape index (κ3) is 2.94. The number of hydrogen-bond donors (Lipinski definition) is 2. The third-order valence-electron chi connectivity index (χ3n) is 4.90. The van der Waals surface area contributed by atoms with Gasteiger partial charge in [-0.15, -0.1) is 11.3 Å². The summed E-state index contributed by atoms with van der Waals surface area (Å²) in [6.45, 7) is 2.33. The minimum Gasteiger partial charge on any atom is -0.486 e. The minimum absolute atomic E-state index is 0.0941. The Bertz CT molecular complexity index is 1040. The normalized spacial score (nSPS) is 18.9. The number of thiophene rings is 1. The van der Waals surface area contributed by atoms with Crippen molar-refractivity contribution in [3.05, 3.63) is 23.1 Å². The highest BCUT2D eigenvalue weighted by Crippen LogP contribution is 2.38. The molecule has 4 heterocycles. The van der Waals surface area contributed by atoms with Crippen molar-refractivity contribution in [2.75, 3.05) is 32.1 Å². The summed E-state index contributed by atoms with van der Waals surface area (Å²) < 4.78 is 16.8. The molecule has 0 saturated carbocycles. The maximum absolute atomic E-state index is 12.6. The van der Waals surface area contributed by atoms with Crippen LogP contribution >= 0.6 is 11.3 Å². The van der Waals surface area contributed by atoms with E-state index >= 15 is 0 Å². The molecule has 2 aliphatic heterocycles. The Hall–Kier alpha value is -2.58. The highest BCUT2D eigenvalue weighted by Gasteiger charge is 2.21. The Labute approximate surface area is 159 Å². The molecule has 8 heteroatoms. The van der Waals surface area contributed by atoms with Gasteiger partial charge in [-0.25, -0.2) is 4.98 Å². The Morgan fingerprint density at radius 2 is 2.04 bits per heavy atom. The Morgan fingerprint density at radius 3 is 2.81 bits per heavy atom. The van der Waals surface area contributed by atoms with Crippen LogP contribution in [0.3, 0.4) is 0 Å². The standard InChI is InChI=1S/C19H19N3O4S/c20-16-12-6-10-7-14-15(26-5-4-25-14)8-13(10)22-19(12)27-17(16)18(23)21-9-11-2-1-3-24-11/h6-8,11H,1-5,9,20H2,(H,21,23)/t11-/m1/s1. The molecule has 1 amide bonds. The van der Waals surface area contributed by atoms with E-state index in [1.54, 1.807) is 0 Å². The predicted octanol–water partition coefficient (Wildman–Crippen LogP) is 2.71. The lowest BCUT2D eigenvalue weighted by Gasteiger charge is -2.18. The van der Waals surface area contributed by atoms with E-state index in [2.05, 4.69) is 10.3 Å². The number of rotatable bonds is 3. The molecule has 0 spiro atoms. The largest absolute Gasteiger partial charge is 0.486 e. The van der Waals surface area contributed by atoms with Gasteiger partial charge in [-0.2, -0.15) is 0 Å². The Balaban J connectivity index is 1.49. The van der Waals surface area contributed by atoms with E-state index in [0.717, 1.165) is 40.6 Å². The Kier molecular flexibility index (Phi) is 4.02. The molecular formula is C19H19N3O4S. The number of anilines is 1. The quantitative estimate of drug-likeness (QED) is 0.720. The molecule has 1 atom stereocenters. The predicted molar refractivity (Wildman–Crippen MR) is 104 cm³/mol. The average molecular weight is 385 g/mol. The number of ether oxygens (including phenoxy) is 3. The van der Waals surface area contributed by atoms with Crippen LogP contribution in [0.2, 0.25) is 0 Å². The molecule has 0 aliphatic carbocycles. The van der Waals surface area contributed by atoms with Crippen LogP contribution in [0, 0.1) is 0 Å². The number of nitrogens with two attached hydrogens (primary N) is 1. The molecule has 0 unspecified atom stereocenters. The number of pyridine rings is 1. The maximum Gasteiger partial charge on any atom is 0.263 e. The number of benzene rings is 1. The highest BCUT2D eigenvalue weighted by molar-refractivity contribution is 7.21. The fraction of sp³-hybridized carbons (Fsp3) is 0.368. The van der Waals surface area contributed by atoms with Crippen molar-refractivity contribution in [1.29, 1.82) is 0 Å². The number of fused-ring (bicyclic) bond motifs is 3. The van der Waals surface area contributed by atoms with Crippen LogP contribution in [0.1, 0.15) is 22.5 Å². The third-order valence-corrected chi connectivity index (χ3v) is 6.01. The highest BCUT2D eigenvalue weighted by atomic mass is 32.1. The molecule has 7 nitrogen and oxygen atoms in total. The van der Waals surface area contributed by atoms with E-state index in [0.29, 0.717) is 41.8 Å². The molecular weight excluding hydrogens is 366 g/mol. The lowest BCUT2D eigenvalue weighted by Crippen LogP contribution is -2.31. The molecule has 140 valence electrons. The van der Waals surface area contributed by atoms with Gasteiger partial charge in [0.25, 0.3) is 5.91 Å². The molecule has 3 N–H and O–H groups in total. The summed E-state index contributed by atoms with van der Waals surface area (Å²) in [6.07, 6.45) is 2.11. The van der Waals surface area contributed by atoms with Gasteiger partial charge in [0.15, 0.2) is 11.5 Å². The first-order valence-electron chi connectivity index (χ1n) is 9.01. The molecule has 1 fully saturated rings. The number of hydrogen-bond acceptors (Lipinski definition) is 7.